The molecule has 8 heteroatoms. The number of anilines is 1. The molecule has 3 rings (SSSR count). The van der Waals surface area contributed by atoms with Gasteiger partial charge in [0.15, 0.2) is 9.84 Å². The third-order valence-corrected chi connectivity index (χ3v) is 5.19. The smallest absolute Gasteiger partial charge is 0.223 e. The zero-order valence-corrected chi connectivity index (χ0v) is 12.1. The first-order chi connectivity index (χ1) is 10.1. The van der Waals surface area contributed by atoms with E-state index >= 15 is 0 Å². The number of nitrogens with zero attached hydrogens (tertiary/aromatic N) is 4. The van der Waals surface area contributed by atoms with Crippen molar-refractivity contribution in [1.29, 1.82) is 0 Å². The van der Waals surface area contributed by atoms with E-state index < -0.39 is 9.84 Å². The zero-order chi connectivity index (χ0) is 14.7. The van der Waals surface area contributed by atoms with Crippen molar-refractivity contribution >= 4 is 15.8 Å². The summed E-state index contributed by atoms with van der Waals surface area (Å²) in [5.41, 5.74) is 1.35. The fourth-order valence-corrected chi connectivity index (χ4v) is 4.15. The number of rotatable bonds is 4. The summed E-state index contributed by atoms with van der Waals surface area (Å²) in [6.07, 6.45) is 7.18. The molecule has 110 valence electrons. The fraction of sp³-hybridized carbons (Fsp3) is 0.385. The average Bonchev–Trinajstić information content (AvgIpc) is 2.86. The Hall–Kier alpha value is -2.09. The number of hydrogen-bond donors (Lipinski definition) is 1. The molecule has 0 aromatic carbocycles. The summed E-state index contributed by atoms with van der Waals surface area (Å²) in [4.78, 5) is 16.7. The van der Waals surface area contributed by atoms with Gasteiger partial charge in [0.25, 0.3) is 0 Å². The van der Waals surface area contributed by atoms with Crippen molar-refractivity contribution in [2.45, 2.75) is 6.42 Å². The summed E-state index contributed by atoms with van der Waals surface area (Å²) in [5, 5.41) is 3.10. The average molecular weight is 305 g/mol. The van der Waals surface area contributed by atoms with E-state index in [0.717, 1.165) is 0 Å². The van der Waals surface area contributed by atoms with Crippen LogP contribution >= 0.6 is 0 Å². The van der Waals surface area contributed by atoms with Gasteiger partial charge in [0.05, 0.1) is 23.4 Å². The van der Waals surface area contributed by atoms with E-state index in [1.165, 1.54) is 0 Å². The Morgan fingerprint density at radius 2 is 2.10 bits per heavy atom. The monoisotopic (exact) mass is 305 g/mol. The molecule has 1 atom stereocenters. The van der Waals surface area contributed by atoms with E-state index in [4.69, 9.17) is 0 Å². The van der Waals surface area contributed by atoms with Gasteiger partial charge in [0, 0.05) is 25.1 Å². The van der Waals surface area contributed by atoms with Crippen molar-refractivity contribution < 1.29 is 8.42 Å². The summed E-state index contributed by atoms with van der Waals surface area (Å²) < 4.78 is 22.8. The third kappa shape index (κ3) is 3.52. The quantitative estimate of drug-likeness (QED) is 0.891. The SMILES string of the molecule is O=S1(=O)CCC(CNc2nccc(-c3cnccn3)n2)C1. The van der Waals surface area contributed by atoms with E-state index in [9.17, 15) is 8.42 Å². The Bertz CT molecular complexity index is 720. The Balaban J connectivity index is 1.67. The number of aromatic nitrogens is 4. The molecule has 0 amide bonds. The Morgan fingerprint density at radius 1 is 1.19 bits per heavy atom. The lowest BCUT2D eigenvalue weighted by Gasteiger charge is -2.09. The minimum atomic E-state index is -2.85. The van der Waals surface area contributed by atoms with Gasteiger partial charge in [0.1, 0.15) is 5.69 Å². The molecule has 2 aromatic rings. The van der Waals surface area contributed by atoms with Crippen LogP contribution in [0.2, 0.25) is 0 Å². The highest BCUT2D eigenvalue weighted by Crippen LogP contribution is 2.19. The van der Waals surface area contributed by atoms with Crippen molar-refractivity contribution in [2.24, 2.45) is 5.92 Å². The maximum absolute atomic E-state index is 11.4. The molecule has 1 aliphatic heterocycles. The molecule has 0 saturated carbocycles. The first-order valence-electron chi connectivity index (χ1n) is 6.66. The molecule has 1 fully saturated rings. The molecular formula is C13H15N5O2S. The van der Waals surface area contributed by atoms with Crippen LogP contribution in [0.15, 0.2) is 30.9 Å². The molecule has 2 aromatic heterocycles. The number of sulfone groups is 1. The minimum Gasteiger partial charge on any atom is -0.354 e. The molecule has 0 aliphatic carbocycles. The van der Waals surface area contributed by atoms with Crippen LogP contribution in [0.25, 0.3) is 11.4 Å². The Morgan fingerprint density at radius 3 is 2.81 bits per heavy atom. The van der Waals surface area contributed by atoms with Crippen LogP contribution in [-0.2, 0) is 9.84 Å². The van der Waals surface area contributed by atoms with Crippen LogP contribution in [0.3, 0.4) is 0 Å². The lowest BCUT2D eigenvalue weighted by molar-refractivity contribution is 0.595. The van der Waals surface area contributed by atoms with Gasteiger partial charge >= 0.3 is 0 Å². The second kappa shape index (κ2) is 5.72. The molecule has 1 unspecified atom stereocenters. The summed E-state index contributed by atoms with van der Waals surface area (Å²) >= 11 is 0. The van der Waals surface area contributed by atoms with E-state index in [2.05, 4.69) is 25.3 Å². The van der Waals surface area contributed by atoms with Gasteiger partial charge in [-0.15, -0.1) is 0 Å². The first-order valence-corrected chi connectivity index (χ1v) is 8.48. The van der Waals surface area contributed by atoms with Gasteiger partial charge in [-0.1, -0.05) is 0 Å². The number of hydrogen-bond acceptors (Lipinski definition) is 7. The zero-order valence-electron chi connectivity index (χ0n) is 11.3. The van der Waals surface area contributed by atoms with Crippen LogP contribution < -0.4 is 5.32 Å². The van der Waals surface area contributed by atoms with E-state index in [1.807, 2.05) is 0 Å². The van der Waals surface area contributed by atoms with Gasteiger partial charge < -0.3 is 5.32 Å². The van der Waals surface area contributed by atoms with Gasteiger partial charge in [-0.25, -0.2) is 18.4 Å². The van der Waals surface area contributed by atoms with Gasteiger partial charge in [-0.2, -0.15) is 0 Å². The summed E-state index contributed by atoms with van der Waals surface area (Å²) in [5.74, 6) is 1.12. The Labute approximate surface area is 122 Å². The van der Waals surface area contributed by atoms with Gasteiger partial charge in [0.2, 0.25) is 5.95 Å². The molecule has 0 spiro atoms. The lowest BCUT2D eigenvalue weighted by atomic mass is 10.1. The summed E-state index contributed by atoms with van der Waals surface area (Å²) in [6, 6.07) is 1.76. The predicted octanol–water partition coefficient (Wildman–Crippen LogP) is 0.780. The van der Waals surface area contributed by atoms with E-state index in [-0.39, 0.29) is 17.4 Å². The molecule has 1 N–H and O–H groups in total. The highest BCUT2D eigenvalue weighted by molar-refractivity contribution is 7.91. The van der Waals surface area contributed by atoms with Crippen molar-refractivity contribution in [3.05, 3.63) is 30.9 Å². The first kappa shape index (κ1) is 13.9. The van der Waals surface area contributed by atoms with E-state index in [1.54, 1.807) is 30.9 Å². The molecule has 1 aliphatic rings. The van der Waals surface area contributed by atoms with Crippen LogP contribution in [0.1, 0.15) is 6.42 Å². The highest BCUT2D eigenvalue weighted by Gasteiger charge is 2.27. The second-order valence-electron chi connectivity index (χ2n) is 5.01. The van der Waals surface area contributed by atoms with Crippen molar-refractivity contribution in [3.63, 3.8) is 0 Å². The van der Waals surface area contributed by atoms with E-state index in [0.29, 0.717) is 30.3 Å². The lowest BCUT2D eigenvalue weighted by Crippen LogP contribution is -2.17. The second-order valence-corrected chi connectivity index (χ2v) is 7.23. The summed E-state index contributed by atoms with van der Waals surface area (Å²) in [6.45, 7) is 0.559. The predicted molar refractivity (Wildman–Crippen MR) is 78.3 cm³/mol. The maximum Gasteiger partial charge on any atom is 0.223 e. The largest absolute Gasteiger partial charge is 0.354 e. The summed E-state index contributed by atoms with van der Waals surface area (Å²) in [7, 11) is -2.85. The van der Waals surface area contributed by atoms with Crippen LogP contribution in [0.4, 0.5) is 5.95 Å². The van der Waals surface area contributed by atoms with Crippen LogP contribution in [0.5, 0.6) is 0 Å². The van der Waals surface area contributed by atoms with Crippen LogP contribution in [-0.4, -0.2) is 46.4 Å². The maximum atomic E-state index is 11.4. The third-order valence-electron chi connectivity index (χ3n) is 3.36. The van der Waals surface area contributed by atoms with Crippen molar-refractivity contribution in [3.8, 4) is 11.4 Å². The van der Waals surface area contributed by atoms with Crippen LogP contribution in [0, 0.1) is 5.92 Å². The molecule has 0 radical (unpaired) electrons. The minimum absolute atomic E-state index is 0.124. The molecule has 0 bridgehead atoms. The van der Waals surface area contributed by atoms with Crippen molar-refractivity contribution in [1.82, 2.24) is 19.9 Å². The Kier molecular flexibility index (Phi) is 3.78. The standard InChI is InChI=1S/C13H15N5O2S/c19-21(20)6-2-10(9-21)7-17-13-16-3-1-11(18-13)12-8-14-4-5-15-12/h1,3-5,8,10H,2,6-7,9H2,(H,16,17,18). The number of nitrogens with one attached hydrogen (secondary N) is 1. The molecule has 1 saturated heterocycles. The topological polar surface area (TPSA) is 97.7 Å². The van der Waals surface area contributed by atoms with Gasteiger partial charge in [-0.05, 0) is 18.4 Å². The van der Waals surface area contributed by atoms with Gasteiger partial charge in [-0.3, -0.25) is 9.97 Å². The molecule has 21 heavy (non-hydrogen) atoms. The molecular weight excluding hydrogens is 290 g/mol. The fourth-order valence-electron chi connectivity index (χ4n) is 2.29. The van der Waals surface area contributed by atoms with Crippen molar-refractivity contribution in [2.75, 3.05) is 23.4 Å². The highest BCUT2D eigenvalue weighted by atomic mass is 32.2. The molecule has 7 nitrogen and oxygen atoms in total. The molecule has 3 heterocycles. The normalized spacial score (nSPS) is 20.3.